The van der Waals surface area contributed by atoms with Crippen LogP contribution in [-0.2, 0) is 16.1 Å². The Hall–Kier alpha value is -2.34. The number of nitrogens with zero attached hydrogens (tertiary/aromatic N) is 1. The minimum atomic E-state index is -0.598. The Morgan fingerprint density at radius 1 is 1.15 bits per heavy atom. The van der Waals surface area contributed by atoms with Crippen LogP contribution in [0.25, 0.3) is 0 Å². The van der Waals surface area contributed by atoms with Crippen LogP contribution >= 0.6 is 15.9 Å². The highest BCUT2D eigenvalue weighted by molar-refractivity contribution is 9.10. The highest BCUT2D eigenvalue weighted by Gasteiger charge is 2.25. The number of likely N-dealkylation sites (N-methyl/N-ethyl adjacent to an activating group) is 1. The van der Waals surface area contributed by atoms with E-state index in [-0.39, 0.29) is 18.4 Å². The molecule has 1 atom stereocenters. The van der Waals surface area contributed by atoms with E-state index < -0.39 is 6.04 Å². The van der Waals surface area contributed by atoms with Gasteiger partial charge in [0.25, 0.3) is 5.91 Å². The molecule has 0 saturated carbocycles. The van der Waals surface area contributed by atoms with Crippen LogP contribution in [0.5, 0.6) is 5.75 Å². The first kappa shape index (κ1) is 21.0. The van der Waals surface area contributed by atoms with E-state index in [9.17, 15) is 9.59 Å². The number of hydrogen-bond donors (Lipinski definition) is 1. The summed E-state index contributed by atoms with van der Waals surface area (Å²) in [4.78, 5) is 26.5. The molecule has 0 spiro atoms. The fraction of sp³-hybridized carbons (Fsp3) is 0.333. The summed E-state index contributed by atoms with van der Waals surface area (Å²) in [7, 11) is 1.56. The van der Waals surface area contributed by atoms with Crippen molar-refractivity contribution < 1.29 is 14.3 Å². The van der Waals surface area contributed by atoms with E-state index in [4.69, 9.17) is 4.74 Å². The van der Waals surface area contributed by atoms with Crippen molar-refractivity contribution in [3.63, 3.8) is 0 Å². The molecule has 0 aromatic heterocycles. The van der Waals surface area contributed by atoms with Gasteiger partial charge in [-0.05, 0) is 50.1 Å². The zero-order valence-corrected chi connectivity index (χ0v) is 17.7. The van der Waals surface area contributed by atoms with Gasteiger partial charge in [0.2, 0.25) is 5.91 Å². The van der Waals surface area contributed by atoms with Crippen LogP contribution in [0.15, 0.2) is 46.9 Å². The molecule has 0 saturated heterocycles. The van der Waals surface area contributed by atoms with Gasteiger partial charge in [-0.3, -0.25) is 9.59 Å². The number of hydrogen-bond acceptors (Lipinski definition) is 3. The molecule has 0 bridgehead atoms. The second-order valence-electron chi connectivity index (χ2n) is 6.50. The second kappa shape index (κ2) is 9.55. The number of aryl methyl sites for hydroxylation is 2. The highest BCUT2D eigenvalue weighted by Crippen LogP contribution is 2.21. The number of carbonyl (C=O) groups is 2. The SMILES string of the molecule is CNC(=O)[C@@H](C)N(Cc1ccc(C)cc1)C(=O)COc1ccc(Br)c(C)c1. The maximum atomic E-state index is 12.8. The molecule has 0 aliphatic heterocycles. The summed E-state index contributed by atoms with van der Waals surface area (Å²) in [5.41, 5.74) is 3.13. The van der Waals surface area contributed by atoms with Crippen LogP contribution in [0.2, 0.25) is 0 Å². The van der Waals surface area contributed by atoms with Crippen molar-refractivity contribution in [2.75, 3.05) is 13.7 Å². The molecule has 2 amide bonds. The standard InChI is InChI=1S/C21H25BrN2O3/c1-14-5-7-17(8-6-14)12-24(16(3)21(26)23-4)20(25)13-27-18-9-10-19(22)15(2)11-18/h5-11,16H,12-13H2,1-4H3,(H,23,26)/t16-/m1/s1. The molecular formula is C21H25BrN2O3. The number of halogens is 1. The maximum absolute atomic E-state index is 12.8. The second-order valence-corrected chi connectivity index (χ2v) is 7.35. The molecule has 144 valence electrons. The summed E-state index contributed by atoms with van der Waals surface area (Å²) in [5.74, 6) is 0.161. The predicted octanol–water partition coefficient (Wildman–Crippen LogP) is 3.61. The van der Waals surface area contributed by atoms with Crippen molar-refractivity contribution in [3.05, 3.63) is 63.6 Å². The molecule has 0 fully saturated rings. The molecule has 27 heavy (non-hydrogen) atoms. The van der Waals surface area contributed by atoms with E-state index in [1.165, 1.54) is 4.90 Å². The topological polar surface area (TPSA) is 58.6 Å². The molecule has 0 heterocycles. The predicted molar refractivity (Wildman–Crippen MR) is 110 cm³/mol. The van der Waals surface area contributed by atoms with Crippen molar-refractivity contribution in [1.29, 1.82) is 0 Å². The highest BCUT2D eigenvalue weighted by atomic mass is 79.9. The molecule has 0 unspecified atom stereocenters. The molecule has 0 aliphatic rings. The lowest BCUT2D eigenvalue weighted by molar-refractivity contribution is -0.142. The fourth-order valence-electron chi connectivity index (χ4n) is 2.62. The molecule has 2 aromatic rings. The first-order chi connectivity index (χ1) is 12.8. The Labute approximate surface area is 168 Å². The van der Waals surface area contributed by atoms with Gasteiger partial charge in [-0.15, -0.1) is 0 Å². The third kappa shape index (κ3) is 5.82. The Morgan fingerprint density at radius 2 is 1.81 bits per heavy atom. The summed E-state index contributed by atoms with van der Waals surface area (Å²) in [6, 6.07) is 12.9. The van der Waals surface area contributed by atoms with Crippen LogP contribution in [0.4, 0.5) is 0 Å². The van der Waals surface area contributed by atoms with Crippen molar-refractivity contribution in [1.82, 2.24) is 10.2 Å². The summed E-state index contributed by atoms with van der Waals surface area (Å²) in [5, 5.41) is 2.60. The van der Waals surface area contributed by atoms with E-state index in [1.54, 1.807) is 20.0 Å². The smallest absolute Gasteiger partial charge is 0.261 e. The van der Waals surface area contributed by atoms with Gasteiger partial charge in [0, 0.05) is 18.1 Å². The van der Waals surface area contributed by atoms with Crippen LogP contribution in [0.3, 0.4) is 0 Å². The Bertz CT molecular complexity index is 806. The normalized spacial score (nSPS) is 11.6. The lowest BCUT2D eigenvalue weighted by Crippen LogP contribution is -2.48. The van der Waals surface area contributed by atoms with Crippen LogP contribution in [-0.4, -0.2) is 36.4 Å². The van der Waals surface area contributed by atoms with Gasteiger partial charge in [-0.25, -0.2) is 0 Å². The first-order valence-electron chi connectivity index (χ1n) is 8.77. The Morgan fingerprint density at radius 3 is 2.41 bits per heavy atom. The summed E-state index contributed by atoms with van der Waals surface area (Å²) < 4.78 is 6.64. The van der Waals surface area contributed by atoms with Gasteiger partial charge in [0.15, 0.2) is 6.61 Å². The van der Waals surface area contributed by atoms with Crippen LogP contribution in [0, 0.1) is 13.8 Å². The molecular weight excluding hydrogens is 408 g/mol. The molecule has 5 nitrogen and oxygen atoms in total. The monoisotopic (exact) mass is 432 g/mol. The summed E-state index contributed by atoms with van der Waals surface area (Å²) in [6.07, 6.45) is 0. The summed E-state index contributed by atoms with van der Waals surface area (Å²) >= 11 is 3.44. The zero-order chi connectivity index (χ0) is 20.0. The summed E-state index contributed by atoms with van der Waals surface area (Å²) in [6.45, 7) is 5.89. The largest absolute Gasteiger partial charge is 0.484 e. The van der Waals surface area contributed by atoms with Gasteiger partial charge >= 0.3 is 0 Å². The third-order valence-electron chi connectivity index (χ3n) is 4.38. The minimum absolute atomic E-state index is 0.131. The van der Waals surface area contributed by atoms with Gasteiger partial charge in [0.1, 0.15) is 11.8 Å². The number of rotatable bonds is 7. The Kier molecular flexibility index (Phi) is 7.42. The molecule has 0 radical (unpaired) electrons. The lowest BCUT2D eigenvalue weighted by Gasteiger charge is -2.28. The fourth-order valence-corrected chi connectivity index (χ4v) is 2.86. The van der Waals surface area contributed by atoms with Gasteiger partial charge in [-0.2, -0.15) is 0 Å². The number of nitrogens with one attached hydrogen (secondary N) is 1. The minimum Gasteiger partial charge on any atom is -0.484 e. The lowest BCUT2D eigenvalue weighted by atomic mass is 10.1. The molecule has 1 N–H and O–H groups in total. The van der Waals surface area contributed by atoms with E-state index in [0.717, 1.165) is 21.2 Å². The molecule has 0 aliphatic carbocycles. The van der Waals surface area contributed by atoms with Crippen molar-refractivity contribution >= 4 is 27.7 Å². The Balaban J connectivity index is 2.12. The van der Waals surface area contributed by atoms with Crippen LogP contribution < -0.4 is 10.1 Å². The molecule has 2 rings (SSSR count). The zero-order valence-electron chi connectivity index (χ0n) is 16.1. The van der Waals surface area contributed by atoms with Crippen molar-refractivity contribution in [3.8, 4) is 5.75 Å². The van der Waals surface area contributed by atoms with E-state index in [2.05, 4.69) is 21.2 Å². The van der Waals surface area contributed by atoms with Gasteiger partial charge in [-0.1, -0.05) is 45.8 Å². The number of ether oxygens (including phenoxy) is 1. The first-order valence-corrected chi connectivity index (χ1v) is 9.56. The number of amides is 2. The van der Waals surface area contributed by atoms with Crippen molar-refractivity contribution in [2.24, 2.45) is 0 Å². The number of carbonyl (C=O) groups excluding carboxylic acids is 2. The van der Waals surface area contributed by atoms with Gasteiger partial charge < -0.3 is 15.0 Å². The van der Waals surface area contributed by atoms with Crippen molar-refractivity contribution in [2.45, 2.75) is 33.4 Å². The average Bonchev–Trinajstić information content (AvgIpc) is 2.67. The van der Waals surface area contributed by atoms with E-state index >= 15 is 0 Å². The van der Waals surface area contributed by atoms with Gasteiger partial charge in [0.05, 0.1) is 0 Å². The maximum Gasteiger partial charge on any atom is 0.261 e. The quantitative estimate of drug-likeness (QED) is 0.726. The van der Waals surface area contributed by atoms with Crippen LogP contribution in [0.1, 0.15) is 23.6 Å². The number of benzene rings is 2. The molecule has 6 heteroatoms. The van der Waals surface area contributed by atoms with E-state index in [0.29, 0.717) is 12.3 Å². The third-order valence-corrected chi connectivity index (χ3v) is 5.27. The molecule has 2 aromatic carbocycles. The van der Waals surface area contributed by atoms with E-state index in [1.807, 2.05) is 50.2 Å². The average molecular weight is 433 g/mol.